The maximum Gasteiger partial charge on any atom is 0.255 e. The van der Waals surface area contributed by atoms with E-state index in [-0.39, 0.29) is 17.7 Å². The molecule has 2 aromatic rings. The Morgan fingerprint density at radius 1 is 1.15 bits per heavy atom. The molecule has 0 radical (unpaired) electrons. The molecule has 0 aliphatic heterocycles. The summed E-state index contributed by atoms with van der Waals surface area (Å²) in [5.41, 5.74) is 3.46. The highest BCUT2D eigenvalue weighted by atomic mass is 16.3. The van der Waals surface area contributed by atoms with E-state index in [1.54, 1.807) is 18.2 Å². The number of carbonyl (C=O) groups is 1. The number of aryl methyl sites for hydroxylation is 2. The molecule has 0 spiro atoms. The molecule has 20 heavy (non-hydrogen) atoms. The van der Waals surface area contributed by atoms with Crippen LogP contribution in [0.2, 0.25) is 0 Å². The van der Waals surface area contributed by atoms with Crippen LogP contribution in [0.5, 0.6) is 5.75 Å². The lowest BCUT2D eigenvalue weighted by atomic mass is 10.0. The smallest absolute Gasteiger partial charge is 0.255 e. The molecule has 2 aromatic carbocycles. The number of amides is 1. The minimum absolute atomic E-state index is 0.00471. The highest BCUT2D eigenvalue weighted by molar-refractivity contribution is 5.97. The number of phenolic OH excluding ortho intramolecular Hbond substituents is 1. The Balaban J connectivity index is 2.20. The number of hydrogen-bond acceptors (Lipinski definition) is 2. The standard InChI is InChI=1S/C17H19NO2/c1-11-8-9-16(19)15(10-11)17(20)18-13(3)14-7-5-4-6-12(14)2/h4-10,13,19H,1-3H3,(H,18,20)/t13-/m0/s1. The van der Waals surface area contributed by atoms with Crippen molar-refractivity contribution < 1.29 is 9.90 Å². The number of carbonyl (C=O) groups excluding carboxylic acids is 1. The van der Waals surface area contributed by atoms with Crippen molar-refractivity contribution in [3.05, 3.63) is 64.7 Å². The van der Waals surface area contributed by atoms with Gasteiger partial charge in [0.05, 0.1) is 11.6 Å². The molecule has 0 bridgehead atoms. The fraction of sp³-hybridized carbons (Fsp3) is 0.235. The lowest BCUT2D eigenvalue weighted by molar-refractivity contribution is 0.0937. The first-order valence-corrected chi connectivity index (χ1v) is 6.65. The molecule has 1 amide bonds. The quantitative estimate of drug-likeness (QED) is 0.896. The second-order valence-electron chi connectivity index (χ2n) is 5.07. The third-order valence-corrected chi connectivity index (χ3v) is 3.40. The zero-order chi connectivity index (χ0) is 14.7. The van der Waals surface area contributed by atoms with E-state index in [0.717, 1.165) is 16.7 Å². The molecule has 3 nitrogen and oxygen atoms in total. The molecule has 0 aromatic heterocycles. The van der Waals surface area contributed by atoms with E-state index >= 15 is 0 Å². The van der Waals surface area contributed by atoms with Gasteiger partial charge >= 0.3 is 0 Å². The number of aromatic hydroxyl groups is 1. The molecule has 3 heteroatoms. The van der Waals surface area contributed by atoms with Gasteiger partial charge in [-0.1, -0.05) is 35.9 Å². The first-order valence-electron chi connectivity index (χ1n) is 6.65. The van der Waals surface area contributed by atoms with E-state index in [1.165, 1.54) is 0 Å². The Bertz CT molecular complexity index is 635. The van der Waals surface area contributed by atoms with E-state index in [2.05, 4.69) is 5.32 Å². The number of benzene rings is 2. The van der Waals surface area contributed by atoms with Crippen molar-refractivity contribution in [3.8, 4) is 5.75 Å². The van der Waals surface area contributed by atoms with Crippen molar-refractivity contribution in [2.75, 3.05) is 0 Å². The zero-order valence-electron chi connectivity index (χ0n) is 12.0. The van der Waals surface area contributed by atoms with Gasteiger partial charge in [-0.3, -0.25) is 4.79 Å². The summed E-state index contributed by atoms with van der Waals surface area (Å²) in [7, 11) is 0. The Morgan fingerprint density at radius 3 is 2.55 bits per heavy atom. The van der Waals surface area contributed by atoms with Crippen LogP contribution in [0.3, 0.4) is 0 Å². The van der Waals surface area contributed by atoms with Crippen molar-refractivity contribution >= 4 is 5.91 Å². The Hall–Kier alpha value is -2.29. The van der Waals surface area contributed by atoms with E-state index in [1.807, 2.05) is 45.0 Å². The van der Waals surface area contributed by atoms with Crippen molar-refractivity contribution in [1.82, 2.24) is 5.32 Å². The summed E-state index contributed by atoms with van der Waals surface area (Å²) in [5.74, 6) is -0.257. The topological polar surface area (TPSA) is 49.3 Å². The van der Waals surface area contributed by atoms with Gasteiger partial charge in [0.15, 0.2) is 0 Å². The van der Waals surface area contributed by atoms with Gasteiger partial charge < -0.3 is 10.4 Å². The highest BCUT2D eigenvalue weighted by Crippen LogP contribution is 2.21. The minimum atomic E-state index is -0.262. The molecule has 2 rings (SSSR count). The van der Waals surface area contributed by atoms with Crippen molar-refractivity contribution in [3.63, 3.8) is 0 Å². The summed E-state index contributed by atoms with van der Waals surface area (Å²) in [5, 5.41) is 12.7. The van der Waals surface area contributed by atoms with Crippen LogP contribution in [0.25, 0.3) is 0 Å². The summed E-state index contributed by atoms with van der Waals surface area (Å²) in [6.45, 7) is 5.84. The van der Waals surface area contributed by atoms with Crippen LogP contribution in [-0.2, 0) is 0 Å². The molecular formula is C17H19NO2. The number of nitrogens with one attached hydrogen (secondary N) is 1. The van der Waals surface area contributed by atoms with E-state index < -0.39 is 0 Å². The predicted octanol–water partition coefficient (Wildman–Crippen LogP) is 3.50. The van der Waals surface area contributed by atoms with E-state index in [0.29, 0.717) is 5.56 Å². The Labute approximate surface area is 119 Å². The lowest BCUT2D eigenvalue weighted by Gasteiger charge is -2.17. The summed E-state index contributed by atoms with van der Waals surface area (Å²) >= 11 is 0. The molecule has 0 saturated heterocycles. The van der Waals surface area contributed by atoms with Gasteiger partial charge in [-0.2, -0.15) is 0 Å². The summed E-state index contributed by atoms with van der Waals surface area (Å²) in [6.07, 6.45) is 0. The number of rotatable bonds is 3. The van der Waals surface area contributed by atoms with Crippen LogP contribution in [0, 0.1) is 13.8 Å². The van der Waals surface area contributed by atoms with Gasteiger partial charge in [-0.05, 0) is 44.0 Å². The first kappa shape index (κ1) is 14.1. The summed E-state index contributed by atoms with van der Waals surface area (Å²) in [4.78, 5) is 12.2. The molecule has 0 aliphatic rings. The molecule has 0 unspecified atom stereocenters. The minimum Gasteiger partial charge on any atom is -0.507 e. The van der Waals surface area contributed by atoms with Gasteiger partial charge in [-0.15, -0.1) is 0 Å². The van der Waals surface area contributed by atoms with Crippen LogP contribution in [0.4, 0.5) is 0 Å². The van der Waals surface area contributed by atoms with Crippen LogP contribution >= 0.6 is 0 Å². The number of hydrogen-bond donors (Lipinski definition) is 2. The monoisotopic (exact) mass is 269 g/mol. The zero-order valence-corrected chi connectivity index (χ0v) is 12.0. The second kappa shape index (κ2) is 5.78. The molecule has 2 N–H and O–H groups in total. The van der Waals surface area contributed by atoms with Gasteiger partial charge in [0, 0.05) is 0 Å². The van der Waals surface area contributed by atoms with Crippen LogP contribution in [0.1, 0.15) is 40.0 Å². The molecule has 1 atom stereocenters. The molecule has 104 valence electrons. The normalized spacial score (nSPS) is 11.9. The third kappa shape index (κ3) is 2.99. The molecule has 0 heterocycles. The molecule has 0 saturated carbocycles. The molecule has 0 aliphatic carbocycles. The van der Waals surface area contributed by atoms with Crippen LogP contribution < -0.4 is 5.32 Å². The maximum atomic E-state index is 12.2. The lowest BCUT2D eigenvalue weighted by Crippen LogP contribution is -2.27. The summed E-state index contributed by atoms with van der Waals surface area (Å²) in [6, 6.07) is 12.8. The maximum absolute atomic E-state index is 12.2. The fourth-order valence-electron chi connectivity index (χ4n) is 2.26. The van der Waals surface area contributed by atoms with Crippen LogP contribution in [0.15, 0.2) is 42.5 Å². The van der Waals surface area contributed by atoms with Gasteiger partial charge in [0.2, 0.25) is 0 Å². The Morgan fingerprint density at radius 2 is 1.85 bits per heavy atom. The summed E-state index contributed by atoms with van der Waals surface area (Å²) < 4.78 is 0. The van der Waals surface area contributed by atoms with Gasteiger partial charge in [0.25, 0.3) is 5.91 Å². The Kier molecular flexibility index (Phi) is 4.08. The average Bonchev–Trinajstić information content (AvgIpc) is 2.41. The van der Waals surface area contributed by atoms with Gasteiger partial charge in [0.1, 0.15) is 5.75 Å². The van der Waals surface area contributed by atoms with E-state index in [9.17, 15) is 9.90 Å². The fourth-order valence-corrected chi connectivity index (χ4v) is 2.26. The average molecular weight is 269 g/mol. The van der Waals surface area contributed by atoms with Crippen molar-refractivity contribution in [2.24, 2.45) is 0 Å². The predicted molar refractivity (Wildman–Crippen MR) is 79.9 cm³/mol. The van der Waals surface area contributed by atoms with Crippen molar-refractivity contribution in [2.45, 2.75) is 26.8 Å². The van der Waals surface area contributed by atoms with E-state index in [4.69, 9.17) is 0 Å². The highest BCUT2D eigenvalue weighted by Gasteiger charge is 2.15. The SMILES string of the molecule is Cc1ccc(O)c(C(=O)N[C@@H](C)c2ccccc2C)c1. The largest absolute Gasteiger partial charge is 0.507 e. The first-order chi connectivity index (χ1) is 9.49. The molecular weight excluding hydrogens is 250 g/mol. The van der Waals surface area contributed by atoms with Gasteiger partial charge in [-0.25, -0.2) is 0 Å². The number of phenols is 1. The second-order valence-corrected chi connectivity index (χ2v) is 5.07. The van der Waals surface area contributed by atoms with Crippen molar-refractivity contribution in [1.29, 1.82) is 0 Å². The molecule has 0 fully saturated rings. The third-order valence-electron chi connectivity index (χ3n) is 3.40. The van der Waals surface area contributed by atoms with Crippen LogP contribution in [-0.4, -0.2) is 11.0 Å².